The smallest absolute Gasteiger partial charge is 0.304 e. The highest BCUT2D eigenvalue weighted by Crippen LogP contribution is 1.90. The molecule has 1 atom stereocenters. The van der Waals surface area contributed by atoms with E-state index >= 15 is 0 Å². The lowest BCUT2D eigenvalue weighted by molar-refractivity contribution is -0.165. The molecule has 9 heavy (non-hydrogen) atoms. The van der Waals surface area contributed by atoms with Gasteiger partial charge in [0.15, 0.2) is 6.29 Å². The normalized spacial score (nSPS) is 11.4. The summed E-state index contributed by atoms with van der Waals surface area (Å²) in [6, 6.07) is 0. The second kappa shape index (κ2) is 5.53. The molecule has 0 aromatic carbocycles. The Bertz CT molecular complexity index is 84.3. The van der Waals surface area contributed by atoms with Gasteiger partial charge in [0.2, 0.25) is 0 Å². The molecule has 1 unspecified atom stereocenters. The average Bonchev–Trinajstić information content (AvgIpc) is 1.65. The first-order valence-corrected chi connectivity index (χ1v) is 2.52. The van der Waals surface area contributed by atoms with Crippen molar-refractivity contribution in [3.05, 3.63) is 0 Å². The van der Waals surface area contributed by atoms with Crippen LogP contribution in [0.5, 0.6) is 0 Å². The molecule has 4 heteroatoms. The van der Waals surface area contributed by atoms with Gasteiger partial charge in [-0.3, -0.25) is 4.79 Å². The minimum Gasteiger partial charge on any atom is -0.436 e. The lowest BCUT2D eigenvalue weighted by atomic mass is 10.5. The Morgan fingerprint density at radius 1 is 1.78 bits per heavy atom. The summed E-state index contributed by atoms with van der Waals surface area (Å²) in [5.74, 6) is -0.445. The largest absolute Gasteiger partial charge is 0.436 e. The van der Waals surface area contributed by atoms with Gasteiger partial charge in [-0.25, -0.2) is 0 Å². The molecule has 0 bridgehead atoms. The average molecular weight is 135 g/mol. The molecule has 0 aromatic rings. The number of hydrogen-bond donors (Lipinski definition) is 2. The van der Waals surface area contributed by atoms with E-state index in [0.29, 0.717) is 6.42 Å². The highest BCUT2D eigenvalue weighted by molar-refractivity contribution is 5.65. The number of ether oxygens (including phenoxy) is 1. The van der Waals surface area contributed by atoms with Gasteiger partial charge >= 0.3 is 5.97 Å². The van der Waals surface area contributed by atoms with Crippen LogP contribution in [0.1, 0.15) is 20.3 Å². The van der Waals surface area contributed by atoms with E-state index in [0.717, 1.165) is 0 Å². The molecule has 0 aliphatic rings. The first-order valence-electron chi connectivity index (χ1n) is 2.52. The molecule has 0 rings (SSSR count). The number of esters is 1. The lowest BCUT2D eigenvalue weighted by Gasteiger charge is -2.05. The quantitative estimate of drug-likeness (QED) is 0.425. The van der Waals surface area contributed by atoms with E-state index in [1.54, 1.807) is 6.92 Å². The number of aliphatic hydroxyl groups excluding tert-OH is 1. The van der Waals surface area contributed by atoms with Crippen LogP contribution in [-0.2, 0) is 9.53 Å². The third-order valence-corrected chi connectivity index (χ3v) is 0.651. The zero-order chi connectivity index (χ0) is 6.57. The van der Waals surface area contributed by atoms with Crippen LogP contribution >= 0.6 is 0 Å². The summed E-state index contributed by atoms with van der Waals surface area (Å²) >= 11 is 0. The Labute approximate surface area is 54.4 Å². The van der Waals surface area contributed by atoms with Crippen molar-refractivity contribution in [3.8, 4) is 0 Å². The van der Waals surface area contributed by atoms with E-state index < -0.39 is 12.3 Å². The summed E-state index contributed by atoms with van der Waals surface area (Å²) in [7, 11) is 0. The number of carbonyl (C=O) groups is 1. The van der Waals surface area contributed by atoms with Gasteiger partial charge in [-0.2, -0.15) is 0 Å². The van der Waals surface area contributed by atoms with E-state index in [9.17, 15) is 4.79 Å². The highest BCUT2D eigenvalue weighted by Gasteiger charge is 2.00. The maximum Gasteiger partial charge on any atom is 0.304 e. The van der Waals surface area contributed by atoms with Crippen molar-refractivity contribution in [1.29, 1.82) is 0 Å². The van der Waals surface area contributed by atoms with Crippen molar-refractivity contribution in [3.63, 3.8) is 0 Å². The topological polar surface area (TPSA) is 81.5 Å². The summed E-state index contributed by atoms with van der Waals surface area (Å²) in [6.45, 7) is 2.99. The standard InChI is InChI=1S/C5H10O3.H3N/c1-3-5(7)8-4(2)6;/h5,7H,3H2,1-2H3;1H3. The predicted octanol–water partition coefficient (Wildman–Crippen LogP) is 0.440. The SMILES string of the molecule is CCC(O)OC(C)=O.N. The predicted molar refractivity (Wildman–Crippen MR) is 33.1 cm³/mol. The molecule has 0 heterocycles. The molecule has 0 aromatic heterocycles. The lowest BCUT2D eigenvalue weighted by Crippen LogP contribution is -2.13. The molecular weight excluding hydrogens is 122 g/mol. The van der Waals surface area contributed by atoms with Crippen LogP contribution in [0.15, 0.2) is 0 Å². The number of hydrogen-bond acceptors (Lipinski definition) is 4. The third kappa shape index (κ3) is 7.39. The summed E-state index contributed by atoms with van der Waals surface area (Å²) in [5.41, 5.74) is 0. The summed E-state index contributed by atoms with van der Waals surface area (Å²) in [5, 5.41) is 8.59. The van der Waals surface area contributed by atoms with Gasteiger partial charge in [0.05, 0.1) is 0 Å². The van der Waals surface area contributed by atoms with Gasteiger partial charge in [0.1, 0.15) is 0 Å². The van der Waals surface area contributed by atoms with Gasteiger partial charge in [-0.15, -0.1) is 0 Å². The number of rotatable bonds is 2. The zero-order valence-electron chi connectivity index (χ0n) is 5.76. The van der Waals surface area contributed by atoms with E-state index in [2.05, 4.69) is 4.74 Å². The van der Waals surface area contributed by atoms with Crippen LogP contribution < -0.4 is 6.15 Å². The van der Waals surface area contributed by atoms with Crippen LogP contribution in [-0.4, -0.2) is 17.4 Å². The zero-order valence-corrected chi connectivity index (χ0v) is 5.76. The third-order valence-electron chi connectivity index (χ3n) is 0.651. The molecule has 0 aliphatic carbocycles. The van der Waals surface area contributed by atoms with Crippen LogP contribution in [0.25, 0.3) is 0 Å². The Morgan fingerprint density at radius 3 is 2.33 bits per heavy atom. The molecule has 0 fully saturated rings. The molecule has 0 saturated carbocycles. The monoisotopic (exact) mass is 135 g/mol. The maximum absolute atomic E-state index is 10.0. The Balaban J connectivity index is 0. The molecule has 0 amide bonds. The van der Waals surface area contributed by atoms with E-state index in [-0.39, 0.29) is 6.15 Å². The second-order valence-corrected chi connectivity index (χ2v) is 1.47. The van der Waals surface area contributed by atoms with Gasteiger partial charge in [0.25, 0.3) is 0 Å². The first-order chi connectivity index (χ1) is 3.66. The fourth-order valence-electron chi connectivity index (χ4n) is 0.275. The van der Waals surface area contributed by atoms with Crippen molar-refractivity contribution >= 4 is 5.97 Å². The molecule has 4 nitrogen and oxygen atoms in total. The first kappa shape index (κ1) is 11.2. The fraction of sp³-hybridized carbons (Fsp3) is 0.800. The summed E-state index contributed by atoms with van der Waals surface area (Å²) in [4.78, 5) is 10.0. The molecule has 0 aliphatic heterocycles. The van der Waals surface area contributed by atoms with E-state index in [1.807, 2.05) is 0 Å². The highest BCUT2D eigenvalue weighted by atomic mass is 16.6. The van der Waals surface area contributed by atoms with E-state index in [1.165, 1.54) is 6.92 Å². The van der Waals surface area contributed by atoms with Crippen LogP contribution in [0.3, 0.4) is 0 Å². The minimum atomic E-state index is -0.924. The van der Waals surface area contributed by atoms with Gasteiger partial charge < -0.3 is 16.0 Å². The Morgan fingerprint density at radius 2 is 2.22 bits per heavy atom. The molecule has 0 radical (unpaired) electrons. The molecular formula is C5H13NO3. The Hall–Kier alpha value is -0.610. The van der Waals surface area contributed by atoms with Crippen molar-refractivity contribution in [1.82, 2.24) is 6.15 Å². The second-order valence-electron chi connectivity index (χ2n) is 1.47. The van der Waals surface area contributed by atoms with Crippen molar-refractivity contribution < 1.29 is 14.6 Å². The van der Waals surface area contributed by atoms with E-state index in [4.69, 9.17) is 5.11 Å². The van der Waals surface area contributed by atoms with Crippen molar-refractivity contribution in [2.24, 2.45) is 0 Å². The van der Waals surface area contributed by atoms with Crippen LogP contribution in [0.4, 0.5) is 0 Å². The Kier molecular flexibility index (Phi) is 6.89. The number of aliphatic hydroxyl groups is 1. The van der Waals surface area contributed by atoms with Crippen LogP contribution in [0, 0.1) is 0 Å². The summed E-state index contributed by atoms with van der Waals surface area (Å²) < 4.78 is 4.32. The van der Waals surface area contributed by atoms with Gasteiger partial charge in [0, 0.05) is 13.3 Å². The van der Waals surface area contributed by atoms with Crippen LogP contribution in [0.2, 0.25) is 0 Å². The molecule has 0 spiro atoms. The fourth-order valence-corrected chi connectivity index (χ4v) is 0.275. The van der Waals surface area contributed by atoms with Gasteiger partial charge in [-0.05, 0) is 0 Å². The van der Waals surface area contributed by atoms with Crippen molar-refractivity contribution in [2.75, 3.05) is 0 Å². The molecule has 56 valence electrons. The number of carbonyl (C=O) groups excluding carboxylic acids is 1. The summed E-state index contributed by atoms with van der Waals surface area (Å²) in [6.07, 6.45) is -0.480. The van der Waals surface area contributed by atoms with Crippen molar-refractivity contribution in [2.45, 2.75) is 26.6 Å². The molecule has 0 saturated heterocycles. The van der Waals surface area contributed by atoms with Gasteiger partial charge in [-0.1, -0.05) is 6.92 Å². The molecule has 4 N–H and O–H groups in total. The minimum absolute atomic E-state index is 0. The maximum atomic E-state index is 10.0.